The van der Waals surface area contributed by atoms with Crippen LogP contribution in [0.4, 0.5) is 5.69 Å². The summed E-state index contributed by atoms with van der Waals surface area (Å²) in [4.78, 5) is 25.1. The van der Waals surface area contributed by atoms with Gasteiger partial charge in [-0.15, -0.1) is 0 Å². The fourth-order valence-corrected chi connectivity index (χ4v) is 2.48. The molecular weight excluding hydrogens is 268 g/mol. The first kappa shape index (κ1) is 15.5. The minimum absolute atomic E-state index is 0.0603. The number of carbonyl (C=O) groups is 2. The molecule has 0 saturated carbocycles. The van der Waals surface area contributed by atoms with Gasteiger partial charge in [0.05, 0.1) is 6.54 Å². The van der Waals surface area contributed by atoms with Gasteiger partial charge in [-0.05, 0) is 50.7 Å². The minimum atomic E-state index is -0.475. The molecule has 0 bridgehead atoms. The van der Waals surface area contributed by atoms with E-state index in [1.54, 1.807) is 24.3 Å². The maximum atomic E-state index is 12.0. The molecule has 0 radical (unpaired) electrons. The molecule has 1 aliphatic rings. The molecule has 6 nitrogen and oxygen atoms in total. The van der Waals surface area contributed by atoms with Crippen LogP contribution in [-0.2, 0) is 4.79 Å². The number of nitrogens with two attached hydrogens (primary N) is 1. The Bertz CT molecular complexity index is 495. The van der Waals surface area contributed by atoms with Crippen LogP contribution in [0, 0.1) is 0 Å². The Balaban J connectivity index is 1.84. The van der Waals surface area contributed by atoms with Gasteiger partial charge in [-0.3, -0.25) is 14.5 Å². The molecule has 1 heterocycles. The van der Waals surface area contributed by atoms with Gasteiger partial charge < -0.3 is 16.4 Å². The highest BCUT2D eigenvalue weighted by atomic mass is 16.2. The maximum Gasteiger partial charge on any atom is 0.248 e. The zero-order valence-electron chi connectivity index (χ0n) is 12.3. The highest BCUT2D eigenvalue weighted by Gasteiger charge is 2.19. The Kier molecular flexibility index (Phi) is 5.30. The molecule has 2 rings (SSSR count). The fraction of sp³-hybridized carbons (Fsp3) is 0.467. The second-order valence-electron chi connectivity index (χ2n) is 5.41. The van der Waals surface area contributed by atoms with Crippen LogP contribution >= 0.6 is 0 Å². The predicted octanol–water partition coefficient (Wildman–Crippen LogP) is 0.408. The molecule has 1 saturated heterocycles. The summed E-state index contributed by atoms with van der Waals surface area (Å²) in [6.07, 6.45) is 2.26. The largest absolute Gasteiger partial charge is 0.366 e. The first-order valence-electron chi connectivity index (χ1n) is 7.17. The average Bonchev–Trinajstić information content (AvgIpc) is 2.48. The van der Waals surface area contributed by atoms with E-state index < -0.39 is 5.91 Å². The summed E-state index contributed by atoms with van der Waals surface area (Å²) in [7, 11) is 1.97. The van der Waals surface area contributed by atoms with Gasteiger partial charge in [-0.1, -0.05) is 0 Å². The van der Waals surface area contributed by atoms with Gasteiger partial charge in [0.1, 0.15) is 0 Å². The van der Waals surface area contributed by atoms with E-state index in [1.807, 2.05) is 7.05 Å². The lowest BCUT2D eigenvalue weighted by molar-refractivity contribution is -0.117. The summed E-state index contributed by atoms with van der Waals surface area (Å²) in [5, 5.41) is 6.16. The van der Waals surface area contributed by atoms with Crippen molar-refractivity contribution in [3.8, 4) is 0 Å². The summed E-state index contributed by atoms with van der Waals surface area (Å²) in [6.45, 7) is 2.34. The van der Waals surface area contributed by atoms with Gasteiger partial charge >= 0.3 is 0 Å². The third kappa shape index (κ3) is 4.54. The van der Waals surface area contributed by atoms with Crippen LogP contribution in [0.3, 0.4) is 0 Å². The topological polar surface area (TPSA) is 87.5 Å². The van der Waals surface area contributed by atoms with Gasteiger partial charge in [-0.25, -0.2) is 0 Å². The first-order valence-corrected chi connectivity index (χ1v) is 7.17. The molecule has 0 spiro atoms. The molecule has 2 amide bonds. The van der Waals surface area contributed by atoms with Crippen LogP contribution < -0.4 is 16.4 Å². The first-order chi connectivity index (χ1) is 10.1. The number of rotatable bonds is 5. The molecular formula is C15H22N4O2. The lowest BCUT2D eigenvalue weighted by Gasteiger charge is -2.31. The van der Waals surface area contributed by atoms with Crippen molar-refractivity contribution in [3.63, 3.8) is 0 Å². The van der Waals surface area contributed by atoms with Gasteiger partial charge in [0, 0.05) is 23.8 Å². The van der Waals surface area contributed by atoms with Crippen molar-refractivity contribution in [3.05, 3.63) is 29.8 Å². The average molecular weight is 290 g/mol. The third-order valence-electron chi connectivity index (χ3n) is 3.74. The number of anilines is 1. The van der Waals surface area contributed by atoms with E-state index in [4.69, 9.17) is 5.73 Å². The van der Waals surface area contributed by atoms with Gasteiger partial charge in [0.15, 0.2) is 0 Å². The Morgan fingerprint density at radius 2 is 2.10 bits per heavy atom. The summed E-state index contributed by atoms with van der Waals surface area (Å²) in [6, 6.07) is 6.97. The number of hydrogen-bond donors (Lipinski definition) is 3. The number of nitrogens with one attached hydrogen (secondary N) is 2. The quantitative estimate of drug-likeness (QED) is 0.733. The molecule has 0 aliphatic carbocycles. The van der Waals surface area contributed by atoms with E-state index in [-0.39, 0.29) is 5.91 Å². The summed E-state index contributed by atoms with van der Waals surface area (Å²) in [5.74, 6) is -0.535. The molecule has 1 fully saturated rings. The van der Waals surface area contributed by atoms with Gasteiger partial charge in [0.25, 0.3) is 0 Å². The van der Waals surface area contributed by atoms with Crippen LogP contribution in [-0.4, -0.2) is 49.4 Å². The molecule has 1 aromatic carbocycles. The fourth-order valence-electron chi connectivity index (χ4n) is 2.48. The Labute approximate surface area is 124 Å². The smallest absolute Gasteiger partial charge is 0.248 e. The normalized spacial score (nSPS) is 18.5. The van der Waals surface area contributed by atoms with Crippen molar-refractivity contribution < 1.29 is 9.59 Å². The van der Waals surface area contributed by atoms with Crippen molar-refractivity contribution in [2.24, 2.45) is 5.73 Å². The number of primary amides is 1. The molecule has 21 heavy (non-hydrogen) atoms. The van der Waals surface area contributed by atoms with Crippen LogP contribution in [0.25, 0.3) is 0 Å². The van der Waals surface area contributed by atoms with Crippen molar-refractivity contribution in [2.45, 2.75) is 18.9 Å². The second kappa shape index (κ2) is 7.19. The van der Waals surface area contributed by atoms with Crippen molar-refractivity contribution in [1.82, 2.24) is 10.2 Å². The van der Waals surface area contributed by atoms with E-state index in [1.165, 1.54) is 0 Å². The zero-order valence-corrected chi connectivity index (χ0v) is 12.3. The van der Waals surface area contributed by atoms with E-state index in [0.717, 1.165) is 25.9 Å². The Morgan fingerprint density at radius 1 is 1.38 bits per heavy atom. The molecule has 1 unspecified atom stereocenters. The second-order valence-corrected chi connectivity index (χ2v) is 5.41. The Morgan fingerprint density at radius 3 is 2.67 bits per heavy atom. The molecule has 114 valence electrons. The lowest BCUT2D eigenvalue weighted by Crippen LogP contribution is -2.46. The standard InChI is InChI=1S/C15H22N4O2/c1-19(13-3-2-8-17-9-13)10-14(20)18-12-6-4-11(5-7-12)15(16)21/h4-7,13,17H,2-3,8-10H2,1H3,(H2,16,21)(H,18,20). The molecule has 6 heteroatoms. The van der Waals surface area contributed by atoms with Crippen LogP contribution in [0.1, 0.15) is 23.2 Å². The van der Waals surface area contributed by atoms with Crippen LogP contribution in [0.15, 0.2) is 24.3 Å². The molecule has 1 aliphatic heterocycles. The molecule has 1 aromatic rings. The van der Waals surface area contributed by atoms with E-state index in [0.29, 0.717) is 23.8 Å². The number of piperidine rings is 1. The highest BCUT2D eigenvalue weighted by Crippen LogP contribution is 2.11. The number of benzene rings is 1. The lowest BCUT2D eigenvalue weighted by atomic mass is 10.1. The zero-order chi connectivity index (χ0) is 15.2. The monoisotopic (exact) mass is 290 g/mol. The van der Waals surface area contributed by atoms with Gasteiger partial charge in [0.2, 0.25) is 11.8 Å². The van der Waals surface area contributed by atoms with E-state index in [2.05, 4.69) is 15.5 Å². The van der Waals surface area contributed by atoms with Crippen molar-refractivity contribution in [1.29, 1.82) is 0 Å². The predicted molar refractivity (Wildman–Crippen MR) is 82.1 cm³/mol. The third-order valence-corrected chi connectivity index (χ3v) is 3.74. The number of amides is 2. The molecule has 4 N–H and O–H groups in total. The number of likely N-dealkylation sites (N-methyl/N-ethyl adjacent to an activating group) is 1. The summed E-state index contributed by atoms with van der Waals surface area (Å²) < 4.78 is 0. The number of nitrogens with zero attached hydrogens (tertiary/aromatic N) is 1. The number of hydrogen-bond acceptors (Lipinski definition) is 4. The van der Waals surface area contributed by atoms with Crippen LogP contribution in [0.2, 0.25) is 0 Å². The van der Waals surface area contributed by atoms with E-state index >= 15 is 0 Å². The highest BCUT2D eigenvalue weighted by molar-refractivity contribution is 5.95. The maximum absolute atomic E-state index is 12.0. The van der Waals surface area contributed by atoms with Crippen molar-refractivity contribution in [2.75, 3.05) is 32.0 Å². The summed E-state index contributed by atoms with van der Waals surface area (Å²) >= 11 is 0. The summed E-state index contributed by atoms with van der Waals surface area (Å²) in [5.41, 5.74) is 6.27. The SMILES string of the molecule is CN(CC(=O)Nc1ccc(C(N)=O)cc1)C1CCCNC1. The van der Waals surface area contributed by atoms with E-state index in [9.17, 15) is 9.59 Å². The minimum Gasteiger partial charge on any atom is -0.366 e. The number of carbonyl (C=O) groups excluding carboxylic acids is 2. The Hall–Kier alpha value is -1.92. The van der Waals surface area contributed by atoms with Gasteiger partial charge in [-0.2, -0.15) is 0 Å². The van der Waals surface area contributed by atoms with Crippen molar-refractivity contribution >= 4 is 17.5 Å². The molecule has 1 atom stereocenters. The van der Waals surface area contributed by atoms with Crippen LogP contribution in [0.5, 0.6) is 0 Å². The molecule has 0 aromatic heterocycles.